The van der Waals surface area contributed by atoms with Gasteiger partial charge in [0.15, 0.2) is 0 Å². The molecule has 2 aliphatic carbocycles. The van der Waals surface area contributed by atoms with E-state index in [-0.39, 0.29) is 75.5 Å². The molecule has 9 unspecified atom stereocenters. The predicted octanol–water partition coefficient (Wildman–Crippen LogP) is 12.1. The van der Waals surface area contributed by atoms with Gasteiger partial charge in [0.05, 0.1) is 12.3 Å². The van der Waals surface area contributed by atoms with Gasteiger partial charge >= 0.3 is 18.5 Å². The summed E-state index contributed by atoms with van der Waals surface area (Å²) in [6.07, 6.45) is -2.55. The van der Waals surface area contributed by atoms with Crippen molar-refractivity contribution in [2.24, 2.45) is 23.7 Å². The monoisotopic (exact) mass is 936 g/mol. The second kappa shape index (κ2) is 19.7. The van der Waals surface area contributed by atoms with Crippen molar-refractivity contribution < 1.29 is 72.8 Å². The van der Waals surface area contributed by atoms with Crippen molar-refractivity contribution in [1.82, 2.24) is 0 Å². The SMILES string of the molecule is FC1CCC[CH-]C1C1CCC(C(F)(F)F)C[N-]1.FC1CCC[CH-]C1C1CCC(C(F)(F)F)C[N-]1.Fc1ccc[c-]c1C1C=CC(C(F)(F)F)=C[N-]1.[Ir]. The van der Waals surface area contributed by atoms with E-state index >= 15 is 0 Å². The van der Waals surface area contributed by atoms with Gasteiger partial charge in [-0.3, -0.25) is 13.2 Å². The molecule has 3 aliphatic heterocycles. The van der Waals surface area contributed by atoms with Crippen molar-refractivity contribution in [3.05, 3.63) is 88.4 Å². The molecule has 3 heterocycles. The minimum atomic E-state index is -4.43. The van der Waals surface area contributed by atoms with E-state index in [9.17, 15) is 52.7 Å². The largest absolute Gasteiger partial charge is 0.682 e. The van der Waals surface area contributed by atoms with Crippen LogP contribution < -0.4 is 0 Å². The molecule has 16 heteroatoms. The summed E-state index contributed by atoms with van der Waals surface area (Å²) in [7, 11) is 0. The van der Waals surface area contributed by atoms with Crippen LogP contribution >= 0.6 is 0 Å². The summed E-state index contributed by atoms with van der Waals surface area (Å²) in [5, 5.41) is 11.8. The number of hydrogen-bond acceptors (Lipinski definition) is 0. The molecular weight excluding hydrogens is 895 g/mol. The van der Waals surface area contributed by atoms with Crippen LogP contribution in [0.1, 0.15) is 75.8 Å². The quantitative estimate of drug-likeness (QED) is 0.214. The summed E-state index contributed by atoms with van der Waals surface area (Å²) in [6.45, 7) is -0.379. The third-order valence-corrected chi connectivity index (χ3v) is 9.93. The first-order valence-corrected chi connectivity index (χ1v) is 17.2. The molecule has 0 spiro atoms. The number of allylic oxidation sites excluding steroid dienone is 2. The van der Waals surface area contributed by atoms with Crippen molar-refractivity contribution in [1.29, 1.82) is 0 Å². The predicted molar refractivity (Wildman–Crippen MR) is 169 cm³/mol. The van der Waals surface area contributed by atoms with Crippen LogP contribution in [0.15, 0.2) is 42.1 Å². The van der Waals surface area contributed by atoms with Gasteiger partial charge in [-0.2, -0.15) is 101 Å². The summed E-state index contributed by atoms with van der Waals surface area (Å²) in [6, 6.07) is 5.59. The number of piperidine rings is 2. The van der Waals surface area contributed by atoms with Gasteiger partial charge in [0, 0.05) is 43.3 Å². The van der Waals surface area contributed by atoms with Gasteiger partial charge < -0.3 is 28.8 Å². The molecule has 6 rings (SSSR count). The van der Waals surface area contributed by atoms with Gasteiger partial charge in [0.2, 0.25) is 0 Å². The van der Waals surface area contributed by atoms with Gasteiger partial charge in [-0.15, -0.1) is 24.7 Å². The third kappa shape index (κ3) is 12.9. The summed E-state index contributed by atoms with van der Waals surface area (Å²) in [5.74, 6) is -3.67. The Kier molecular flexibility index (Phi) is 16.9. The van der Waals surface area contributed by atoms with E-state index in [1.165, 1.54) is 24.3 Å². The zero-order chi connectivity index (χ0) is 37.4. The molecular formula is C36H41F12IrN3-6. The Hall–Kier alpha value is -1.77. The Morgan fingerprint density at radius 1 is 0.712 bits per heavy atom. The van der Waals surface area contributed by atoms with Gasteiger partial charge in [-0.25, -0.2) is 0 Å². The van der Waals surface area contributed by atoms with E-state index in [2.05, 4.69) is 22.0 Å². The zero-order valence-electron chi connectivity index (χ0n) is 28.0. The summed E-state index contributed by atoms with van der Waals surface area (Å²) < 4.78 is 152. The van der Waals surface area contributed by atoms with Crippen molar-refractivity contribution in [3.63, 3.8) is 0 Å². The van der Waals surface area contributed by atoms with Crippen molar-refractivity contribution in [2.45, 2.75) is 113 Å². The normalized spacial score (nSPS) is 32.8. The van der Waals surface area contributed by atoms with Crippen LogP contribution in [0.5, 0.6) is 0 Å². The second-order valence-corrected chi connectivity index (χ2v) is 13.5. The molecule has 2 saturated carbocycles. The molecule has 2 saturated heterocycles. The molecule has 9 atom stereocenters. The van der Waals surface area contributed by atoms with E-state index in [1.54, 1.807) is 0 Å². The molecule has 4 fully saturated rings. The summed E-state index contributed by atoms with van der Waals surface area (Å²) >= 11 is 0. The smallest absolute Gasteiger partial charge is 0.414 e. The molecule has 1 aromatic carbocycles. The number of rotatable bonds is 3. The minimum Gasteiger partial charge on any atom is -0.682 e. The number of alkyl halides is 11. The van der Waals surface area contributed by atoms with Crippen LogP contribution in [0.3, 0.4) is 0 Å². The number of halogens is 12. The molecule has 1 aromatic rings. The Bertz CT molecular complexity index is 1220. The van der Waals surface area contributed by atoms with E-state index in [0.717, 1.165) is 31.8 Å². The Labute approximate surface area is 310 Å². The number of nitrogens with zero attached hydrogens (tertiary/aromatic N) is 3. The number of hydrogen-bond donors (Lipinski definition) is 0. The molecule has 0 aromatic heterocycles. The molecule has 299 valence electrons. The van der Waals surface area contributed by atoms with Crippen LogP contribution in [0.2, 0.25) is 0 Å². The summed E-state index contributed by atoms with van der Waals surface area (Å²) in [5.41, 5.74) is -0.702. The van der Waals surface area contributed by atoms with E-state index in [1.807, 2.05) is 12.8 Å². The van der Waals surface area contributed by atoms with Gasteiger partial charge in [-0.1, -0.05) is 43.9 Å². The second-order valence-electron chi connectivity index (χ2n) is 13.5. The van der Waals surface area contributed by atoms with Crippen LogP contribution in [0, 0.1) is 48.4 Å². The van der Waals surface area contributed by atoms with E-state index in [0.29, 0.717) is 31.9 Å². The average molecular weight is 936 g/mol. The Morgan fingerprint density at radius 3 is 1.56 bits per heavy atom. The number of benzene rings is 1. The first-order chi connectivity index (χ1) is 23.9. The standard InChI is InChI=1S/2C12H17F4N.C12H7F4N.Ir/c3*13-10-4-2-1-3-9(10)11-6-5-8(7-17-11)12(14,15)16;/h2*3,8-11H,1-2,4-7H2;1-2,4-7,11H;/q3*-2;. The summed E-state index contributed by atoms with van der Waals surface area (Å²) in [4.78, 5) is 0. The van der Waals surface area contributed by atoms with Crippen molar-refractivity contribution >= 4 is 0 Å². The van der Waals surface area contributed by atoms with Crippen LogP contribution in [0.4, 0.5) is 52.7 Å². The van der Waals surface area contributed by atoms with Gasteiger partial charge in [-0.05, 0) is 25.7 Å². The molecule has 52 heavy (non-hydrogen) atoms. The van der Waals surface area contributed by atoms with Crippen molar-refractivity contribution in [3.8, 4) is 0 Å². The average Bonchev–Trinajstić information content (AvgIpc) is 3.09. The topological polar surface area (TPSA) is 42.3 Å². The van der Waals surface area contributed by atoms with Crippen LogP contribution in [-0.2, 0) is 20.1 Å². The fourth-order valence-electron chi connectivity index (χ4n) is 6.96. The third-order valence-electron chi connectivity index (χ3n) is 9.93. The molecule has 3 nitrogen and oxygen atoms in total. The molecule has 1 radical (unpaired) electrons. The maximum atomic E-state index is 13.7. The maximum Gasteiger partial charge on any atom is 0.414 e. The van der Waals surface area contributed by atoms with E-state index < -0.39 is 60.1 Å². The molecule has 0 amide bonds. The Morgan fingerprint density at radius 2 is 1.21 bits per heavy atom. The first kappa shape index (κ1) is 44.6. The Balaban J connectivity index is 0.000000208. The zero-order valence-corrected chi connectivity index (χ0v) is 30.4. The van der Waals surface area contributed by atoms with Crippen molar-refractivity contribution in [2.75, 3.05) is 13.1 Å². The van der Waals surface area contributed by atoms with Crippen LogP contribution in [-0.4, -0.2) is 56.0 Å². The minimum absolute atomic E-state index is 0. The fourth-order valence-corrected chi connectivity index (χ4v) is 6.96. The first-order valence-electron chi connectivity index (χ1n) is 17.2. The van der Waals surface area contributed by atoms with Crippen LogP contribution in [0.25, 0.3) is 16.0 Å². The molecule has 5 aliphatic rings. The van der Waals surface area contributed by atoms with Gasteiger partial charge in [0.1, 0.15) is 0 Å². The molecule has 0 N–H and O–H groups in total. The fraction of sp³-hybridized carbons (Fsp3) is 0.667. The maximum absolute atomic E-state index is 13.7. The molecule has 0 bridgehead atoms. The van der Waals surface area contributed by atoms with E-state index in [4.69, 9.17) is 0 Å². The van der Waals surface area contributed by atoms with Gasteiger partial charge in [0.25, 0.3) is 0 Å².